The summed E-state index contributed by atoms with van der Waals surface area (Å²) in [6.07, 6.45) is 4.07. The minimum atomic E-state index is -3.48. The third-order valence-corrected chi connectivity index (χ3v) is 6.10. The van der Waals surface area contributed by atoms with Crippen molar-refractivity contribution in [3.8, 4) is 0 Å². The zero-order valence-electron chi connectivity index (χ0n) is 12.6. The minimum absolute atomic E-state index is 0.172. The fourth-order valence-electron chi connectivity index (χ4n) is 2.23. The Morgan fingerprint density at radius 3 is 2.86 bits per heavy atom. The first kappa shape index (κ1) is 16.9. The van der Waals surface area contributed by atoms with Crippen LogP contribution in [0, 0.1) is 0 Å². The maximum absolute atomic E-state index is 12.5. The number of hydrogen-bond acceptors (Lipinski definition) is 5. The van der Waals surface area contributed by atoms with Crippen molar-refractivity contribution in [3.63, 3.8) is 0 Å². The monoisotopic (exact) mass is 332 g/mol. The van der Waals surface area contributed by atoms with E-state index >= 15 is 0 Å². The number of rotatable bonds is 10. The zero-order chi connectivity index (χ0) is 15.3. The molecule has 2 N–H and O–H groups in total. The molecule has 1 heterocycles. The Morgan fingerprint density at radius 2 is 2.24 bits per heavy atom. The van der Waals surface area contributed by atoms with Gasteiger partial charge in [0.05, 0.1) is 11.5 Å². The summed E-state index contributed by atoms with van der Waals surface area (Å²) >= 11 is 1.49. The lowest BCUT2D eigenvalue weighted by atomic mass is 10.2. The molecule has 2 rings (SSSR count). The largest absolute Gasteiger partial charge is 0.383 e. The number of hydrogen-bond donors (Lipinski definition) is 2. The molecule has 0 radical (unpaired) electrons. The summed E-state index contributed by atoms with van der Waals surface area (Å²) in [5, 5.41) is 5.21. The van der Waals surface area contributed by atoms with Gasteiger partial charge in [-0.1, -0.05) is 13.3 Å². The molecule has 0 saturated heterocycles. The van der Waals surface area contributed by atoms with Gasteiger partial charge in [0.2, 0.25) is 10.0 Å². The van der Waals surface area contributed by atoms with E-state index in [0.29, 0.717) is 24.1 Å². The second-order valence-electron chi connectivity index (χ2n) is 5.43. The van der Waals surface area contributed by atoms with Gasteiger partial charge < -0.3 is 10.1 Å². The zero-order valence-corrected chi connectivity index (χ0v) is 14.2. The smallest absolute Gasteiger partial charge is 0.242 e. The summed E-state index contributed by atoms with van der Waals surface area (Å²) in [7, 11) is -1.89. The first-order valence-electron chi connectivity index (χ1n) is 7.37. The van der Waals surface area contributed by atoms with E-state index in [4.69, 9.17) is 4.74 Å². The molecule has 1 saturated carbocycles. The quantitative estimate of drug-likeness (QED) is 0.688. The van der Waals surface area contributed by atoms with Crippen molar-refractivity contribution < 1.29 is 13.2 Å². The van der Waals surface area contributed by atoms with E-state index in [0.717, 1.165) is 17.7 Å². The van der Waals surface area contributed by atoms with Gasteiger partial charge >= 0.3 is 0 Å². The molecule has 21 heavy (non-hydrogen) atoms. The van der Waals surface area contributed by atoms with Gasteiger partial charge in [-0.25, -0.2) is 13.1 Å². The van der Waals surface area contributed by atoms with Gasteiger partial charge in [-0.3, -0.25) is 0 Å². The molecule has 1 fully saturated rings. The van der Waals surface area contributed by atoms with Crippen molar-refractivity contribution in [1.82, 2.24) is 10.0 Å². The van der Waals surface area contributed by atoms with Crippen LogP contribution in [0.2, 0.25) is 0 Å². The molecule has 7 heteroatoms. The van der Waals surface area contributed by atoms with Gasteiger partial charge in [0, 0.05) is 30.6 Å². The topological polar surface area (TPSA) is 67.4 Å². The highest BCUT2D eigenvalue weighted by Crippen LogP contribution is 2.25. The Kier molecular flexibility index (Phi) is 6.19. The summed E-state index contributed by atoms with van der Waals surface area (Å²) in [4.78, 5) is 1.28. The summed E-state index contributed by atoms with van der Waals surface area (Å²) in [6.45, 7) is 3.06. The van der Waals surface area contributed by atoms with E-state index in [9.17, 15) is 8.42 Å². The third-order valence-electron chi connectivity index (χ3n) is 3.45. The molecule has 0 bridgehead atoms. The SMILES string of the molecule is CCCC(COC)NS(=O)(=O)c1ccsc1CNC1CC1. The Labute approximate surface area is 131 Å². The van der Waals surface area contributed by atoms with Crippen LogP contribution in [0.15, 0.2) is 16.3 Å². The van der Waals surface area contributed by atoms with Crippen molar-refractivity contribution in [2.45, 2.75) is 56.1 Å². The highest BCUT2D eigenvalue weighted by Gasteiger charge is 2.25. The molecule has 1 aliphatic rings. The predicted molar refractivity (Wildman–Crippen MR) is 85.1 cm³/mol. The van der Waals surface area contributed by atoms with Crippen LogP contribution in [0.4, 0.5) is 0 Å². The normalized spacial score (nSPS) is 17.0. The van der Waals surface area contributed by atoms with E-state index in [-0.39, 0.29) is 6.04 Å². The van der Waals surface area contributed by atoms with Crippen LogP contribution in [-0.2, 0) is 21.3 Å². The van der Waals surface area contributed by atoms with Crippen molar-refractivity contribution in [2.24, 2.45) is 0 Å². The molecule has 0 aromatic carbocycles. The highest BCUT2D eigenvalue weighted by molar-refractivity contribution is 7.89. The summed E-state index contributed by atoms with van der Waals surface area (Å²) in [6, 6.07) is 2.08. The van der Waals surface area contributed by atoms with Crippen molar-refractivity contribution in [3.05, 3.63) is 16.3 Å². The molecule has 1 aromatic rings. The average molecular weight is 332 g/mol. The predicted octanol–water partition coefficient (Wildman–Crippen LogP) is 2.09. The molecule has 1 atom stereocenters. The Balaban J connectivity index is 2.04. The van der Waals surface area contributed by atoms with Crippen LogP contribution in [-0.4, -0.2) is 34.2 Å². The second kappa shape index (κ2) is 7.69. The molecule has 0 spiro atoms. The van der Waals surface area contributed by atoms with Crippen LogP contribution < -0.4 is 10.0 Å². The number of methoxy groups -OCH3 is 1. The number of ether oxygens (including phenoxy) is 1. The van der Waals surface area contributed by atoms with Crippen molar-refractivity contribution in [1.29, 1.82) is 0 Å². The molecule has 1 unspecified atom stereocenters. The first-order chi connectivity index (χ1) is 10.1. The lowest BCUT2D eigenvalue weighted by Crippen LogP contribution is -2.38. The van der Waals surface area contributed by atoms with E-state index in [1.54, 1.807) is 13.2 Å². The molecule has 1 aromatic heterocycles. The number of nitrogens with one attached hydrogen (secondary N) is 2. The molecular weight excluding hydrogens is 308 g/mol. The van der Waals surface area contributed by atoms with Crippen LogP contribution in [0.3, 0.4) is 0 Å². The lowest BCUT2D eigenvalue weighted by Gasteiger charge is -2.17. The van der Waals surface area contributed by atoms with Crippen LogP contribution in [0.1, 0.15) is 37.5 Å². The van der Waals surface area contributed by atoms with E-state index in [1.807, 2.05) is 12.3 Å². The molecule has 5 nitrogen and oxygen atoms in total. The fourth-order valence-corrected chi connectivity index (χ4v) is 4.88. The Hall–Kier alpha value is -0.470. The third kappa shape index (κ3) is 5.03. The molecule has 120 valence electrons. The molecule has 0 amide bonds. The molecular formula is C14H24N2O3S2. The van der Waals surface area contributed by atoms with Crippen LogP contribution >= 0.6 is 11.3 Å². The maximum atomic E-state index is 12.5. The maximum Gasteiger partial charge on any atom is 0.242 e. The lowest BCUT2D eigenvalue weighted by molar-refractivity contribution is 0.171. The Bertz CT molecular complexity index is 532. The van der Waals surface area contributed by atoms with Crippen LogP contribution in [0.5, 0.6) is 0 Å². The van der Waals surface area contributed by atoms with Gasteiger partial charge in [-0.05, 0) is 30.7 Å². The van der Waals surface area contributed by atoms with Gasteiger partial charge in [-0.15, -0.1) is 11.3 Å². The second-order valence-corrected chi connectivity index (χ2v) is 8.11. The van der Waals surface area contributed by atoms with Gasteiger partial charge in [-0.2, -0.15) is 0 Å². The van der Waals surface area contributed by atoms with Gasteiger partial charge in [0.15, 0.2) is 0 Å². The van der Waals surface area contributed by atoms with Crippen molar-refractivity contribution in [2.75, 3.05) is 13.7 Å². The van der Waals surface area contributed by atoms with Gasteiger partial charge in [0.25, 0.3) is 0 Å². The van der Waals surface area contributed by atoms with E-state index in [2.05, 4.69) is 10.0 Å². The van der Waals surface area contributed by atoms with E-state index < -0.39 is 10.0 Å². The van der Waals surface area contributed by atoms with E-state index in [1.165, 1.54) is 24.2 Å². The van der Waals surface area contributed by atoms with Gasteiger partial charge in [0.1, 0.15) is 0 Å². The average Bonchev–Trinajstić information content (AvgIpc) is 3.12. The molecule has 0 aliphatic heterocycles. The summed E-state index contributed by atoms with van der Waals surface area (Å²) in [5.74, 6) is 0. The highest BCUT2D eigenvalue weighted by atomic mass is 32.2. The van der Waals surface area contributed by atoms with Crippen molar-refractivity contribution >= 4 is 21.4 Å². The minimum Gasteiger partial charge on any atom is -0.383 e. The van der Waals surface area contributed by atoms with Crippen LogP contribution in [0.25, 0.3) is 0 Å². The number of sulfonamides is 1. The molecule has 1 aliphatic carbocycles. The summed E-state index contributed by atoms with van der Waals surface area (Å²) < 4.78 is 33.0. The standard InChI is InChI=1S/C14H24N2O3S2/c1-3-4-12(10-19-2)16-21(17,18)14-7-8-20-13(14)9-15-11-5-6-11/h7-8,11-12,15-16H,3-6,9-10H2,1-2H3. The first-order valence-corrected chi connectivity index (χ1v) is 9.74. The Morgan fingerprint density at radius 1 is 1.48 bits per heavy atom. The summed E-state index contributed by atoms with van der Waals surface area (Å²) in [5.41, 5.74) is 0. The fraction of sp³-hybridized carbons (Fsp3) is 0.714. The number of thiophene rings is 1.